The summed E-state index contributed by atoms with van der Waals surface area (Å²) in [6.45, 7) is 5.44. The van der Waals surface area contributed by atoms with Crippen molar-refractivity contribution >= 4 is 11.8 Å². The Morgan fingerprint density at radius 1 is 1.30 bits per heavy atom. The van der Waals surface area contributed by atoms with Crippen LogP contribution in [0.4, 0.5) is 23.7 Å². The summed E-state index contributed by atoms with van der Waals surface area (Å²) in [5, 5.41) is 2.50. The third-order valence-electron chi connectivity index (χ3n) is 2.52. The van der Waals surface area contributed by atoms with Gasteiger partial charge in [-0.2, -0.15) is 13.2 Å². The number of amides is 1. The van der Waals surface area contributed by atoms with E-state index in [1.165, 1.54) is 6.07 Å². The highest BCUT2D eigenvalue weighted by atomic mass is 19.4. The van der Waals surface area contributed by atoms with Crippen molar-refractivity contribution in [2.24, 2.45) is 0 Å². The molecule has 23 heavy (non-hydrogen) atoms. The van der Waals surface area contributed by atoms with Crippen molar-refractivity contribution in [3.8, 4) is 11.8 Å². The lowest BCUT2D eigenvalue weighted by Crippen LogP contribution is -2.32. The number of alkyl carbamates (subject to hydrolysis) is 1. The lowest BCUT2D eigenvalue weighted by atomic mass is 10.1. The molecule has 0 saturated heterocycles. The molecule has 0 saturated carbocycles. The van der Waals surface area contributed by atoms with Gasteiger partial charge in [-0.05, 0) is 39.0 Å². The molecular formula is C16H19F3N2O2. The molecule has 7 heteroatoms. The monoisotopic (exact) mass is 328 g/mol. The molecule has 1 rings (SSSR count). The van der Waals surface area contributed by atoms with Gasteiger partial charge in [-0.15, -0.1) is 0 Å². The van der Waals surface area contributed by atoms with Crippen LogP contribution in [0.1, 0.15) is 38.3 Å². The van der Waals surface area contributed by atoms with Crippen LogP contribution in [0.5, 0.6) is 0 Å². The van der Waals surface area contributed by atoms with Crippen LogP contribution in [-0.4, -0.2) is 18.2 Å². The quantitative estimate of drug-likeness (QED) is 0.496. The lowest BCUT2D eigenvalue weighted by Gasteiger charge is -2.19. The Morgan fingerprint density at radius 3 is 2.52 bits per heavy atom. The first-order valence-electron chi connectivity index (χ1n) is 6.91. The molecule has 3 N–H and O–H groups in total. The van der Waals surface area contributed by atoms with Crippen molar-refractivity contribution in [1.29, 1.82) is 0 Å². The molecule has 0 heterocycles. The first kappa shape index (κ1) is 18.7. The number of carbonyl (C=O) groups excluding carboxylic acids is 1. The van der Waals surface area contributed by atoms with Crippen molar-refractivity contribution in [2.75, 3.05) is 12.3 Å². The summed E-state index contributed by atoms with van der Waals surface area (Å²) >= 11 is 0. The summed E-state index contributed by atoms with van der Waals surface area (Å²) in [5.41, 5.74) is 4.49. The summed E-state index contributed by atoms with van der Waals surface area (Å²) < 4.78 is 42.9. The van der Waals surface area contributed by atoms with E-state index >= 15 is 0 Å². The minimum Gasteiger partial charge on any atom is -0.444 e. The molecule has 126 valence electrons. The van der Waals surface area contributed by atoms with Crippen LogP contribution in [0.15, 0.2) is 18.2 Å². The van der Waals surface area contributed by atoms with Crippen LogP contribution in [0.25, 0.3) is 0 Å². The lowest BCUT2D eigenvalue weighted by molar-refractivity contribution is -0.137. The van der Waals surface area contributed by atoms with Gasteiger partial charge in [0, 0.05) is 24.2 Å². The maximum Gasteiger partial charge on any atom is 0.416 e. The molecule has 0 atom stereocenters. The molecule has 0 radical (unpaired) electrons. The average Bonchev–Trinajstić information content (AvgIpc) is 2.36. The number of alkyl halides is 3. The topological polar surface area (TPSA) is 64.3 Å². The van der Waals surface area contributed by atoms with Gasteiger partial charge in [-0.3, -0.25) is 0 Å². The second kappa shape index (κ2) is 7.27. The van der Waals surface area contributed by atoms with Crippen molar-refractivity contribution < 1.29 is 22.7 Å². The van der Waals surface area contributed by atoms with Gasteiger partial charge < -0.3 is 15.8 Å². The van der Waals surface area contributed by atoms with Crippen LogP contribution in [-0.2, 0) is 10.9 Å². The van der Waals surface area contributed by atoms with Crippen molar-refractivity contribution in [2.45, 2.75) is 39.0 Å². The zero-order valence-corrected chi connectivity index (χ0v) is 13.2. The first-order chi connectivity index (χ1) is 10.5. The molecule has 0 fully saturated rings. The third kappa shape index (κ3) is 6.96. The number of hydrogen-bond acceptors (Lipinski definition) is 3. The second-order valence-corrected chi connectivity index (χ2v) is 5.78. The number of hydrogen-bond donors (Lipinski definition) is 2. The highest BCUT2D eigenvalue weighted by molar-refractivity contribution is 5.67. The van der Waals surface area contributed by atoms with Gasteiger partial charge in [-0.1, -0.05) is 11.8 Å². The Bertz CT molecular complexity index is 623. The maximum absolute atomic E-state index is 12.6. The minimum atomic E-state index is -4.44. The predicted molar refractivity (Wildman–Crippen MR) is 81.6 cm³/mol. The van der Waals surface area contributed by atoms with E-state index in [9.17, 15) is 18.0 Å². The van der Waals surface area contributed by atoms with Crippen molar-refractivity contribution in [3.05, 3.63) is 29.3 Å². The fourth-order valence-electron chi connectivity index (χ4n) is 1.54. The average molecular weight is 328 g/mol. The Labute approximate surface area is 133 Å². The Balaban J connectivity index is 2.59. The van der Waals surface area contributed by atoms with Crippen molar-refractivity contribution in [3.63, 3.8) is 0 Å². The van der Waals surface area contributed by atoms with Gasteiger partial charge >= 0.3 is 12.3 Å². The Kier molecular flexibility index (Phi) is 5.91. The normalized spacial score (nSPS) is 11.4. The second-order valence-electron chi connectivity index (χ2n) is 5.78. The standard InChI is InChI=1S/C16H19F3N2O2/c1-15(2,3)23-14(22)21-9-5-4-6-11-10-12(16(17,18)19)7-8-13(11)20/h7-8,10H,5,9,20H2,1-3H3,(H,21,22). The molecule has 0 aliphatic carbocycles. The summed E-state index contributed by atoms with van der Waals surface area (Å²) in [4.78, 5) is 11.4. The number of benzene rings is 1. The predicted octanol–water partition coefficient (Wildman–Crippen LogP) is 3.55. The molecule has 4 nitrogen and oxygen atoms in total. The van der Waals surface area contributed by atoms with Gasteiger partial charge in [0.15, 0.2) is 0 Å². The number of ether oxygens (including phenoxy) is 1. The van der Waals surface area contributed by atoms with Gasteiger partial charge in [0.2, 0.25) is 0 Å². The fourth-order valence-corrected chi connectivity index (χ4v) is 1.54. The summed E-state index contributed by atoms with van der Waals surface area (Å²) in [5.74, 6) is 5.25. The SMILES string of the molecule is CC(C)(C)OC(=O)NCCC#Cc1cc(C(F)(F)F)ccc1N. The number of halogens is 3. The number of nitrogen functional groups attached to an aromatic ring is 1. The van der Waals surface area contributed by atoms with E-state index in [2.05, 4.69) is 17.2 Å². The number of rotatable bonds is 2. The van der Waals surface area contributed by atoms with E-state index in [4.69, 9.17) is 10.5 Å². The molecule has 0 spiro atoms. The van der Waals surface area contributed by atoms with Crippen LogP contribution >= 0.6 is 0 Å². The molecule has 1 aromatic carbocycles. The van der Waals surface area contributed by atoms with E-state index in [0.717, 1.165) is 12.1 Å². The van der Waals surface area contributed by atoms with E-state index in [1.807, 2.05) is 0 Å². The molecule has 0 aliphatic rings. The zero-order valence-electron chi connectivity index (χ0n) is 13.2. The van der Waals surface area contributed by atoms with Gasteiger partial charge in [-0.25, -0.2) is 4.79 Å². The van der Waals surface area contributed by atoms with E-state index in [1.54, 1.807) is 20.8 Å². The number of carbonyl (C=O) groups is 1. The number of nitrogens with two attached hydrogens (primary N) is 1. The van der Waals surface area contributed by atoms with Crippen LogP contribution in [0.2, 0.25) is 0 Å². The largest absolute Gasteiger partial charge is 0.444 e. The summed E-state index contributed by atoms with van der Waals surface area (Å²) in [7, 11) is 0. The molecule has 0 unspecified atom stereocenters. The third-order valence-corrected chi connectivity index (χ3v) is 2.52. The highest BCUT2D eigenvalue weighted by Crippen LogP contribution is 2.30. The van der Waals surface area contributed by atoms with E-state index in [0.29, 0.717) is 0 Å². The summed E-state index contributed by atoms with van der Waals surface area (Å²) in [6.07, 6.45) is -4.75. The van der Waals surface area contributed by atoms with Gasteiger partial charge in [0.1, 0.15) is 5.60 Å². The molecule has 1 amide bonds. The van der Waals surface area contributed by atoms with Gasteiger partial charge in [0.25, 0.3) is 0 Å². The Morgan fingerprint density at radius 2 is 1.96 bits per heavy atom. The fraction of sp³-hybridized carbons (Fsp3) is 0.438. The van der Waals surface area contributed by atoms with E-state index < -0.39 is 23.4 Å². The van der Waals surface area contributed by atoms with Gasteiger partial charge in [0.05, 0.1) is 5.56 Å². The van der Waals surface area contributed by atoms with Crippen LogP contribution in [0.3, 0.4) is 0 Å². The smallest absolute Gasteiger partial charge is 0.416 e. The van der Waals surface area contributed by atoms with Crippen LogP contribution in [0, 0.1) is 11.8 Å². The minimum absolute atomic E-state index is 0.108. The molecule has 0 aromatic heterocycles. The molecule has 0 aliphatic heterocycles. The molecular weight excluding hydrogens is 309 g/mol. The zero-order chi connectivity index (χ0) is 17.7. The van der Waals surface area contributed by atoms with Crippen LogP contribution < -0.4 is 11.1 Å². The number of anilines is 1. The Hall–Kier alpha value is -2.36. The van der Waals surface area contributed by atoms with Crippen molar-refractivity contribution in [1.82, 2.24) is 5.32 Å². The first-order valence-corrected chi connectivity index (χ1v) is 6.91. The maximum atomic E-state index is 12.6. The molecule has 1 aromatic rings. The highest BCUT2D eigenvalue weighted by Gasteiger charge is 2.30. The van der Waals surface area contributed by atoms with E-state index in [-0.39, 0.29) is 24.2 Å². The summed E-state index contributed by atoms with van der Waals surface area (Å²) in [6, 6.07) is 2.99. The number of nitrogens with one attached hydrogen (secondary N) is 1. The molecule has 0 bridgehead atoms.